The molecule has 3 rings (SSSR count). The summed E-state index contributed by atoms with van der Waals surface area (Å²) in [5.41, 5.74) is -0.724. The average Bonchev–Trinajstić information content (AvgIpc) is 2.73. The fourth-order valence-electron chi connectivity index (χ4n) is 3.28. The second-order valence-electron chi connectivity index (χ2n) is 7.17. The lowest BCUT2D eigenvalue weighted by molar-refractivity contribution is -0.224. The molecule has 2 aromatic rings. The smallest absolute Gasteiger partial charge is 0.335 e. The zero-order valence-corrected chi connectivity index (χ0v) is 17.8. The molecule has 0 unspecified atom stereocenters. The number of nitrogens with zero attached hydrogens (tertiary/aromatic N) is 1. The number of carboxylic acid groups (broad SMARTS) is 1. The number of H-pyrrole nitrogens is 1. The van der Waals surface area contributed by atoms with Crippen molar-refractivity contribution in [1.82, 2.24) is 4.98 Å². The lowest BCUT2D eigenvalue weighted by Crippen LogP contribution is -2.65. The Labute approximate surface area is 186 Å². The molecular weight excluding hydrogens is 462 g/mol. The van der Waals surface area contributed by atoms with Gasteiger partial charge in [0, 0.05) is 24.9 Å². The van der Waals surface area contributed by atoms with Gasteiger partial charge in [-0.3, -0.25) is 9.59 Å². The van der Waals surface area contributed by atoms with Crippen LogP contribution in [0.5, 0.6) is 0 Å². The van der Waals surface area contributed by atoms with Gasteiger partial charge in [-0.05, 0) is 30.3 Å². The Morgan fingerprint density at radius 3 is 2.24 bits per heavy atom. The molecule has 1 aliphatic heterocycles. The van der Waals surface area contributed by atoms with Crippen LogP contribution in [0.3, 0.4) is 0 Å². The highest BCUT2D eigenvalue weighted by Gasteiger charge is 2.51. The Morgan fingerprint density at radius 2 is 1.70 bits per heavy atom. The number of amides is 1. The predicted molar refractivity (Wildman–Crippen MR) is 112 cm³/mol. The first-order valence-electron chi connectivity index (χ1n) is 9.47. The molecule has 1 aromatic heterocycles. The average molecular weight is 483 g/mol. The molecule has 13 nitrogen and oxygen atoms in total. The quantitative estimate of drug-likeness (QED) is 0.278. The number of hydrogen-bond donors (Lipinski definition) is 6. The summed E-state index contributed by atoms with van der Waals surface area (Å²) >= 11 is 0. The maximum absolute atomic E-state index is 13.5. The van der Waals surface area contributed by atoms with Crippen LogP contribution in [0.15, 0.2) is 52.3 Å². The first-order chi connectivity index (χ1) is 15.4. The van der Waals surface area contributed by atoms with Crippen LogP contribution in [0.2, 0.25) is 0 Å². The monoisotopic (exact) mass is 483 g/mol. The number of carbonyl (C=O) groups is 2. The second-order valence-corrected chi connectivity index (χ2v) is 8.99. The summed E-state index contributed by atoms with van der Waals surface area (Å²) in [5, 5.41) is 42.4. The molecule has 5 atom stereocenters. The van der Waals surface area contributed by atoms with Gasteiger partial charge in [-0.2, -0.15) is 0 Å². The lowest BCUT2D eigenvalue weighted by atomic mass is 9.98. The second kappa shape index (κ2) is 9.29. The maximum atomic E-state index is 13.5. The highest BCUT2D eigenvalue weighted by molar-refractivity contribution is 7.92. The number of anilines is 2. The molecule has 14 heteroatoms. The van der Waals surface area contributed by atoms with Crippen LogP contribution < -0.4 is 15.2 Å². The van der Waals surface area contributed by atoms with Crippen molar-refractivity contribution in [2.75, 3.05) is 9.62 Å². The summed E-state index contributed by atoms with van der Waals surface area (Å²) in [6, 6.07) is 6.88. The third-order valence-electron chi connectivity index (χ3n) is 4.81. The van der Waals surface area contributed by atoms with Crippen molar-refractivity contribution in [3.8, 4) is 0 Å². The van der Waals surface area contributed by atoms with E-state index in [2.05, 4.69) is 10.3 Å². The maximum Gasteiger partial charge on any atom is 0.335 e. The van der Waals surface area contributed by atoms with Crippen LogP contribution in [0.1, 0.15) is 6.92 Å². The normalized spacial score (nSPS) is 25.3. The number of benzene rings is 1. The third-order valence-corrected chi connectivity index (χ3v) is 6.61. The van der Waals surface area contributed by atoms with E-state index >= 15 is 0 Å². The molecule has 0 spiro atoms. The molecule has 6 N–H and O–H groups in total. The molecule has 0 bridgehead atoms. The Hall–Kier alpha value is -3.30. The number of pyridine rings is 1. The number of aromatic nitrogens is 1. The first kappa shape index (κ1) is 24.3. The van der Waals surface area contributed by atoms with Gasteiger partial charge in [0.2, 0.25) is 11.5 Å². The number of carboxylic acids is 1. The van der Waals surface area contributed by atoms with Crippen LogP contribution in [-0.2, 0) is 24.3 Å². The molecule has 1 aliphatic rings. The highest BCUT2D eigenvalue weighted by atomic mass is 32.2. The zero-order chi connectivity index (χ0) is 24.5. The molecule has 0 saturated carbocycles. The van der Waals surface area contributed by atoms with Gasteiger partial charge >= 0.3 is 5.97 Å². The number of carbonyl (C=O) groups excluding carboxylic acids is 1. The van der Waals surface area contributed by atoms with E-state index < -0.39 is 52.2 Å². The Morgan fingerprint density at radius 1 is 1.06 bits per heavy atom. The zero-order valence-electron chi connectivity index (χ0n) is 17.0. The largest absolute Gasteiger partial charge is 0.479 e. The van der Waals surface area contributed by atoms with Crippen LogP contribution in [0.4, 0.5) is 11.4 Å². The number of aliphatic hydroxyl groups excluding tert-OH is 3. The summed E-state index contributed by atoms with van der Waals surface area (Å²) in [4.78, 5) is 36.5. The van der Waals surface area contributed by atoms with Crippen LogP contribution >= 0.6 is 0 Å². The fraction of sp³-hybridized carbons (Fsp3) is 0.316. The summed E-state index contributed by atoms with van der Waals surface area (Å²) in [5.74, 6) is -2.09. The molecule has 1 amide bonds. The van der Waals surface area contributed by atoms with Crippen LogP contribution in [0, 0.1) is 0 Å². The van der Waals surface area contributed by atoms with E-state index in [9.17, 15) is 43.2 Å². The number of aromatic amines is 1. The van der Waals surface area contributed by atoms with E-state index in [1.54, 1.807) is 0 Å². The predicted octanol–water partition coefficient (Wildman–Crippen LogP) is -1.58. The van der Waals surface area contributed by atoms with Gasteiger partial charge in [-0.15, -0.1) is 0 Å². The number of aliphatic hydroxyl groups is 3. The number of nitrogens with one attached hydrogen (secondary N) is 2. The standard InChI is InChI=1S/C19H21N3O10S/c1-9(23)21-10-2-4-12(5-3-10)33(30,31)22(11-6-7-20-13(24)8-11)18-16(27)14(25)15(26)17(32-18)19(28)29/h2-8,14-18,25-27H,1H3,(H,20,24)(H,21,23)(H,28,29)/t14-,15-,16+,17-,18+/m0/s1. The Kier molecular flexibility index (Phi) is 6.85. The Balaban J connectivity index is 2.13. The topological polar surface area (TPSA) is 207 Å². The summed E-state index contributed by atoms with van der Waals surface area (Å²) in [6.45, 7) is 1.26. The van der Waals surface area contributed by atoms with E-state index in [1.165, 1.54) is 19.1 Å². The first-order valence-corrected chi connectivity index (χ1v) is 10.9. The molecule has 1 saturated heterocycles. The molecule has 178 valence electrons. The van der Waals surface area contributed by atoms with Crippen molar-refractivity contribution in [3.05, 3.63) is 52.9 Å². The van der Waals surface area contributed by atoms with Crippen LogP contribution in [0.25, 0.3) is 0 Å². The van der Waals surface area contributed by atoms with E-state index in [-0.39, 0.29) is 16.5 Å². The summed E-state index contributed by atoms with van der Waals surface area (Å²) < 4.78 is 32.7. The number of aliphatic carboxylic acids is 1. The highest BCUT2D eigenvalue weighted by Crippen LogP contribution is 2.32. The van der Waals surface area contributed by atoms with Crippen molar-refractivity contribution in [2.45, 2.75) is 42.5 Å². The minimum atomic E-state index is -4.64. The molecule has 2 heterocycles. The van der Waals surface area contributed by atoms with Crippen molar-refractivity contribution >= 4 is 33.3 Å². The van der Waals surface area contributed by atoms with Gasteiger partial charge in [0.15, 0.2) is 12.3 Å². The molecule has 33 heavy (non-hydrogen) atoms. The summed E-state index contributed by atoms with van der Waals surface area (Å²) in [6.07, 6.45) is -9.18. The van der Waals surface area contributed by atoms with E-state index in [0.29, 0.717) is 9.99 Å². The van der Waals surface area contributed by atoms with Gasteiger partial charge in [0.25, 0.3) is 10.0 Å². The fourth-order valence-corrected chi connectivity index (χ4v) is 4.83. The van der Waals surface area contributed by atoms with Gasteiger partial charge < -0.3 is 35.5 Å². The molecule has 0 aliphatic carbocycles. The third kappa shape index (κ3) is 4.89. The van der Waals surface area contributed by atoms with Gasteiger partial charge in [0.05, 0.1) is 10.6 Å². The van der Waals surface area contributed by atoms with Crippen molar-refractivity contribution < 1.29 is 43.2 Å². The van der Waals surface area contributed by atoms with Gasteiger partial charge in [0.1, 0.15) is 18.3 Å². The van der Waals surface area contributed by atoms with E-state index in [0.717, 1.165) is 30.5 Å². The molecule has 1 fully saturated rings. The summed E-state index contributed by atoms with van der Waals surface area (Å²) in [7, 11) is -4.64. The number of sulfonamides is 1. The lowest BCUT2D eigenvalue weighted by Gasteiger charge is -2.43. The molecule has 1 aromatic carbocycles. The van der Waals surface area contributed by atoms with Crippen LogP contribution in [-0.4, -0.2) is 76.3 Å². The minimum absolute atomic E-state index is 0.294. The molecular formula is C19H21N3O10S. The van der Waals surface area contributed by atoms with Crippen molar-refractivity contribution in [3.63, 3.8) is 0 Å². The van der Waals surface area contributed by atoms with Crippen molar-refractivity contribution in [2.24, 2.45) is 0 Å². The SMILES string of the molecule is CC(=O)Nc1ccc(S(=O)(=O)N(c2cc[nH]c(=O)c2)[C@@H]2O[C@H](C(=O)O)[C@@H](O)[C@H](O)[C@H]2O)cc1. The number of hydrogen-bond acceptors (Lipinski definition) is 9. The Bertz CT molecular complexity index is 1200. The van der Waals surface area contributed by atoms with Gasteiger partial charge in [-0.25, -0.2) is 17.5 Å². The van der Waals surface area contributed by atoms with E-state index in [1.807, 2.05) is 0 Å². The van der Waals surface area contributed by atoms with Crippen molar-refractivity contribution in [1.29, 1.82) is 0 Å². The number of ether oxygens (including phenoxy) is 1. The minimum Gasteiger partial charge on any atom is -0.479 e. The molecule has 0 radical (unpaired) electrons. The van der Waals surface area contributed by atoms with Gasteiger partial charge in [-0.1, -0.05) is 0 Å². The number of rotatable bonds is 6. The van der Waals surface area contributed by atoms with E-state index in [4.69, 9.17) is 4.74 Å².